The Balaban J connectivity index is 1.75. The van der Waals surface area contributed by atoms with Gasteiger partial charge in [0.2, 0.25) is 0 Å². The van der Waals surface area contributed by atoms with Gasteiger partial charge in [0.1, 0.15) is 0 Å². The minimum Gasteiger partial charge on any atom is -0.198 e. The summed E-state index contributed by atoms with van der Waals surface area (Å²) < 4.78 is 0. The summed E-state index contributed by atoms with van der Waals surface area (Å²) >= 11 is 0. The molecule has 0 amide bonds. The van der Waals surface area contributed by atoms with Crippen molar-refractivity contribution in [1.29, 1.82) is 5.26 Å². The van der Waals surface area contributed by atoms with Crippen LogP contribution in [0.25, 0.3) is 0 Å². The van der Waals surface area contributed by atoms with E-state index in [0.29, 0.717) is 0 Å². The monoisotopic (exact) mass is 261 g/mol. The number of fused-ring (bicyclic) bond motifs is 1. The lowest BCUT2D eigenvalue weighted by Gasteiger charge is -2.44. The molecular weight excluding hydrogens is 230 g/mol. The quantitative estimate of drug-likeness (QED) is 0.582. The maximum atomic E-state index is 9.31. The van der Waals surface area contributed by atoms with Crippen LogP contribution in [0.15, 0.2) is 0 Å². The van der Waals surface area contributed by atoms with E-state index in [9.17, 15) is 5.26 Å². The lowest BCUT2D eigenvalue weighted by Crippen LogP contribution is -2.35. The molecule has 0 spiro atoms. The molecule has 1 unspecified atom stereocenters. The Hall–Kier alpha value is -0.510. The van der Waals surface area contributed by atoms with Crippen LogP contribution in [0, 0.1) is 34.5 Å². The predicted molar refractivity (Wildman–Crippen MR) is 80.7 cm³/mol. The molecule has 2 fully saturated rings. The molecule has 2 rings (SSSR count). The first kappa shape index (κ1) is 14.9. The fraction of sp³-hybridized carbons (Fsp3) is 0.944. The molecule has 0 aromatic rings. The molecule has 0 N–H and O–H groups in total. The van der Waals surface area contributed by atoms with Gasteiger partial charge in [0.25, 0.3) is 0 Å². The second-order valence-electron chi connectivity index (χ2n) is 7.46. The topological polar surface area (TPSA) is 23.8 Å². The lowest BCUT2D eigenvalue weighted by atomic mass is 9.60. The summed E-state index contributed by atoms with van der Waals surface area (Å²) in [6, 6.07) is 2.57. The number of rotatable bonds is 5. The van der Waals surface area contributed by atoms with Gasteiger partial charge in [0.15, 0.2) is 0 Å². The minimum absolute atomic E-state index is 0.00483. The van der Waals surface area contributed by atoms with Gasteiger partial charge in [-0.3, -0.25) is 0 Å². The van der Waals surface area contributed by atoms with Crippen LogP contribution in [0.1, 0.15) is 84.5 Å². The maximum Gasteiger partial charge on any atom is 0.0686 e. The highest BCUT2D eigenvalue weighted by Crippen LogP contribution is 2.49. The molecule has 2 aliphatic carbocycles. The van der Waals surface area contributed by atoms with Crippen LogP contribution >= 0.6 is 0 Å². The van der Waals surface area contributed by atoms with E-state index in [2.05, 4.69) is 19.9 Å². The van der Waals surface area contributed by atoms with Crippen molar-refractivity contribution in [3.63, 3.8) is 0 Å². The van der Waals surface area contributed by atoms with E-state index in [0.717, 1.165) is 24.2 Å². The van der Waals surface area contributed by atoms with Gasteiger partial charge < -0.3 is 0 Å². The zero-order valence-corrected chi connectivity index (χ0v) is 13.0. The maximum absolute atomic E-state index is 9.31. The lowest BCUT2D eigenvalue weighted by molar-refractivity contribution is 0.0749. The fourth-order valence-electron chi connectivity index (χ4n) is 4.45. The first-order chi connectivity index (χ1) is 9.17. The van der Waals surface area contributed by atoms with E-state index in [1.807, 2.05) is 0 Å². The molecular formula is C18H31N. The van der Waals surface area contributed by atoms with Gasteiger partial charge in [-0.2, -0.15) is 5.26 Å². The first-order valence-electron chi connectivity index (χ1n) is 8.58. The molecule has 0 aromatic carbocycles. The minimum atomic E-state index is -0.00483. The Labute approximate surface area is 119 Å². The molecule has 2 saturated carbocycles. The summed E-state index contributed by atoms with van der Waals surface area (Å²) in [5.41, 5.74) is -0.00483. The Morgan fingerprint density at radius 2 is 1.95 bits per heavy atom. The number of hydrogen-bond donors (Lipinski definition) is 0. The standard InChI is InChI=1S/C18H31N/c1-3-4-5-6-7-15-8-9-17-13-18(2,14-19)11-10-16(17)12-15/h15-17H,3-13H2,1-2H3/t15-,16-,17?,18-/m0/s1. The van der Waals surface area contributed by atoms with Crippen molar-refractivity contribution in [3.05, 3.63) is 0 Å². The molecule has 0 aliphatic heterocycles. The third-order valence-corrected chi connectivity index (χ3v) is 5.76. The van der Waals surface area contributed by atoms with Gasteiger partial charge in [0.05, 0.1) is 11.5 Å². The smallest absolute Gasteiger partial charge is 0.0686 e. The van der Waals surface area contributed by atoms with E-state index in [-0.39, 0.29) is 5.41 Å². The van der Waals surface area contributed by atoms with Gasteiger partial charge in [-0.15, -0.1) is 0 Å². The Kier molecular flexibility index (Phi) is 5.31. The Morgan fingerprint density at radius 1 is 1.11 bits per heavy atom. The largest absolute Gasteiger partial charge is 0.198 e. The summed E-state index contributed by atoms with van der Waals surface area (Å²) in [4.78, 5) is 0. The third kappa shape index (κ3) is 3.98. The van der Waals surface area contributed by atoms with Gasteiger partial charge >= 0.3 is 0 Å². The molecule has 0 bridgehead atoms. The van der Waals surface area contributed by atoms with Crippen molar-refractivity contribution in [2.24, 2.45) is 23.2 Å². The first-order valence-corrected chi connectivity index (χ1v) is 8.58. The number of hydrogen-bond acceptors (Lipinski definition) is 1. The van der Waals surface area contributed by atoms with Crippen LogP contribution in [-0.2, 0) is 0 Å². The molecule has 0 heterocycles. The molecule has 108 valence electrons. The van der Waals surface area contributed by atoms with E-state index in [1.165, 1.54) is 64.2 Å². The summed E-state index contributed by atoms with van der Waals surface area (Å²) in [6.07, 6.45) is 15.1. The molecule has 1 heteroatoms. The van der Waals surface area contributed by atoms with Crippen molar-refractivity contribution >= 4 is 0 Å². The second kappa shape index (κ2) is 6.78. The molecule has 4 atom stereocenters. The van der Waals surface area contributed by atoms with Crippen LogP contribution in [0.2, 0.25) is 0 Å². The average molecular weight is 261 g/mol. The zero-order valence-electron chi connectivity index (χ0n) is 13.0. The molecule has 0 aromatic heterocycles. The Bertz CT molecular complexity index is 316. The predicted octanol–water partition coefficient (Wildman–Crippen LogP) is 5.70. The molecule has 0 saturated heterocycles. The highest BCUT2D eigenvalue weighted by molar-refractivity contribution is 5.01. The van der Waals surface area contributed by atoms with Crippen LogP contribution < -0.4 is 0 Å². The van der Waals surface area contributed by atoms with Crippen LogP contribution in [0.4, 0.5) is 0 Å². The van der Waals surface area contributed by atoms with Crippen LogP contribution in [0.5, 0.6) is 0 Å². The second-order valence-corrected chi connectivity index (χ2v) is 7.46. The highest BCUT2D eigenvalue weighted by atomic mass is 14.5. The summed E-state index contributed by atoms with van der Waals surface area (Å²) in [7, 11) is 0. The van der Waals surface area contributed by atoms with E-state index >= 15 is 0 Å². The summed E-state index contributed by atoms with van der Waals surface area (Å²) in [5.74, 6) is 2.82. The SMILES string of the molecule is CCCCCC[C@H]1CCC2C[C@@](C)(C#N)CC[C@H]2C1. The number of nitrogens with zero attached hydrogens (tertiary/aromatic N) is 1. The van der Waals surface area contributed by atoms with Gasteiger partial charge in [-0.1, -0.05) is 45.4 Å². The van der Waals surface area contributed by atoms with Crippen LogP contribution in [0.3, 0.4) is 0 Å². The molecule has 1 nitrogen and oxygen atoms in total. The van der Waals surface area contributed by atoms with Crippen molar-refractivity contribution in [2.75, 3.05) is 0 Å². The number of unbranched alkanes of at least 4 members (excludes halogenated alkanes) is 3. The van der Waals surface area contributed by atoms with E-state index in [4.69, 9.17) is 0 Å². The van der Waals surface area contributed by atoms with Crippen molar-refractivity contribution in [1.82, 2.24) is 0 Å². The van der Waals surface area contributed by atoms with Crippen LogP contribution in [-0.4, -0.2) is 0 Å². The van der Waals surface area contributed by atoms with Gasteiger partial charge in [0, 0.05) is 0 Å². The molecule has 19 heavy (non-hydrogen) atoms. The summed E-state index contributed by atoms with van der Waals surface area (Å²) in [6.45, 7) is 4.47. The van der Waals surface area contributed by atoms with Gasteiger partial charge in [-0.25, -0.2) is 0 Å². The highest BCUT2D eigenvalue weighted by Gasteiger charge is 2.40. The third-order valence-electron chi connectivity index (χ3n) is 5.76. The summed E-state index contributed by atoms with van der Waals surface area (Å²) in [5, 5.41) is 9.31. The van der Waals surface area contributed by atoms with Gasteiger partial charge in [-0.05, 0) is 56.8 Å². The number of nitriles is 1. The van der Waals surface area contributed by atoms with E-state index in [1.54, 1.807) is 0 Å². The molecule has 2 aliphatic rings. The average Bonchev–Trinajstić information content (AvgIpc) is 2.44. The molecule has 0 radical (unpaired) electrons. The normalized spacial score (nSPS) is 38.5. The van der Waals surface area contributed by atoms with Crippen molar-refractivity contribution < 1.29 is 0 Å². The van der Waals surface area contributed by atoms with E-state index < -0.39 is 0 Å². The van der Waals surface area contributed by atoms with Crippen molar-refractivity contribution in [2.45, 2.75) is 84.5 Å². The van der Waals surface area contributed by atoms with Crippen molar-refractivity contribution in [3.8, 4) is 6.07 Å². The fourth-order valence-corrected chi connectivity index (χ4v) is 4.45. The zero-order chi connectivity index (χ0) is 13.7. The Morgan fingerprint density at radius 3 is 2.68 bits per heavy atom.